The molecule has 1 saturated carbocycles. The van der Waals surface area contributed by atoms with E-state index in [4.69, 9.17) is 11.6 Å². The number of aliphatic hydroxyl groups excluding tert-OH is 1. The van der Waals surface area contributed by atoms with Crippen molar-refractivity contribution in [3.63, 3.8) is 0 Å². The van der Waals surface area contributed by atoms with E-state index in [0.29, 0.717) is 11.2 Å². The Morgan fingerprint density at radius 2 is 1.96 bits per heavy atom. The molecule has 0 radical (unpaired) electrons. The SMILES string of the molecule is OC1CCC(Nc2ccc3ncc(-c4cccnc4Cl)n3n2)CC1. The maximum absolute atomic E-state index is 9.62. The molecule has 2 N–H and O–H groups in total. The smallest absolute Gasteiger partial charge is 0.154 e. The van der Waals surface area contributed by atoms with E-state index in [9.17, 15) is 5.11 Å². The highest BCUT2D eigenvalue weighted by Gasteiger charge is 2.20. The van der Waals surface area contributed by atoms with Crippen molar-refractivity contribution in [2.45, 2.75) is 37.8 Å². The van der Waals surface area contributed by atoms with E-state index in [0.717, 1.165) is 48.4 Å². The predicted molar refractivity (Wildman–Crippen MR) is 93.1 cm³/mol. The maximum atomic E-state index is 9.62. The third kappa shape index (κ3) is 2.95. The van der Waals surface area contributed by atoms with Crippen LogP contribution in [0.1, 0.15) is 25.7 Å². The molecule has 0 aliphatic heterocycles. The number of anilines is 1. The van der Waals surface area contributed by atoms with E-state index < -0.39 is 0 Å². The highest BCUT2D eigenvalue weighted by Crippen LogP contribution is 2.27. The summed E-state index contributed by atoms with van der Waals surface area (Å²) in [4.78, 5) is 8.51. The van der Waals surface area contributed by atoms with Crippen LogP contribution in [-0.4, -0.2) is 36.8 Å². The molecule has 7 heteroatoms. The Balaban J connectivity index is 1.65. The van der Waals surface area contributed by atoms with Crippen LogP contribution >= 0.6 is 11.6 Å². The molecule has 4 rings (SSSR count). The lowest BCUT2D eigenvalue weighted by Gasteiger charge is -2.26. The summed E-state index contributed by atoms with van der Waals surface area (Å²) in [5.74, 6) is 0.795. The number of halogens is 1. The lowest BCUT2D eigenvalue weighted by atomic mass is 9.93. The molecule has 124 valence electrons. The van der Waals surface area contributed by atoms with Gasteiger partial charge in [-0.25, -0.2) is 14.5 Å². The predicted octanol–water partition coefficient (Wildman–Crippen LogP) is 3.16. The third-order valence-electron chi connectivity index (χ3n) is 4.45. The van der Waals surface area contributed by atoms with E-state index >= 15 is 0 Å². The van der Waals surface area contributed by atoms with Gasteiger partial charge in [0.25, 0.3) is 0 Å². The fourth-order valence-corrected chi connectivity index (χ4v) is 3.36. The van der Waals surface area contributed by atoms with Gasteiger partial charge in [0.1, 0.15) is 11.0 Å². The summed E-state index contributed by atoms with van der Waals surface area (Å²) in [5, 5.41) is 18.2. The Bertz CT molecular complexity index is 857. The summed E-state index contributed by atoms with van der Waals surface area (Å²) >= 11 is 6.21. The summed E-state index contributed by atoms with van der Waals surface area (Å²) < 4.78 is 1.78. The molecule has 0 saturated heterocycles. The number of nitrogens with zero attached hydrogens (tertiary/aromatic N) is 4. The zero-order valence-corrected chi connectivity index (χ0v) is 13.8. The van der Waals surface area contributed by atoms with Gasteiger partial charge in [0, 0.05) is 17.8 Å². The van der Waals surface area contributed by atoms with Crippen LogP contribution < -0.4 is 5.32 Å². The van der Waals surface area contributed by atoms with E-state index in [1.54, 1.807) is 16.9 Å². The second kappa shape index (κ2) is 6.37. The molecule has 0 spiro atoms. The number of imidazole rings is 1. The molecule has 6 nitrogen and oxygen atoms in total. The maximum Gasteiger partial charge on any atom is 0.154 e. The number of fused-ring (bicyclic) bond motifs is 1. The molecular formula is C17H18ClN5O. The number of aromatic nitrogens is 4. The lowest BCUT2D eigenvalue weighted by molar-refractivity contribution is 0.126. The molecule has 3 aromatic rings. The summed E-state index contributed by atoms with van der Waals surface area (Å²) in [6.07, 6.45) is 6.83. The van der Waals surface area contributed by atoms with Crippen LogP contribution in [0.3, 0.4) is 0 Å². The summed E-state index contributed by atoms with van der Waals surface area (Å²) in [6, 6.07) is 7.95. The minimum absolute atomic E-state index is 0.161. The minimum Gasteiger partial charge on any atom is -0.393 e. The van der Waals surface area contributed by atoms with Crippen molar-refractivity contribution >= 4 is 23.1 Å². The van der Waals surface area contributed by atoms with Gasteiger partial charge in [-0.05, 0) is 49.9 Å². The molecule has 1 fully saturated rings. The number of pyridine rings is 1. The van der Waals surface area contributed by atoms with Gasteiger partial charge in [-0.3, -0.25) is 0 Å². The molecule has 1 aliphatic carbocycles. The zero-order valence-electron chi connectivity index (χ0n) is 13.1. The summed E-state index contributed by atoms with van der Waals surface area (Å²) in [5.41, 5.74) is 2.37. The van der Waals surface area contributed by atoms with Gasteiger partial charge in [0.2, 0.25) is 0 Å². The van der Waals surface area contributed by atoms with Gasteiger partial charge in [0.15, 0.2) is 5.65 Å². The summed E-state index contributed by atoms with van der Waals surface area (Å²) in [6.45, 7) is 0. The van der Waals surface area contributed by atoms with Crippen molar-refractivity contribution in [2.75, 3.05) is 5.32 Å². The molecule has 1 aliphatic rings. The first kappa shape index (κ1) is 15.4. The van der Waals surface area contributed by atoms with E-state index in [1.807, 2.05) is 24.3 Å². The van der Waals surface area contributed by atoms with Crippen molar-refractivity contribution in [3.8, 4) is 11.3 Å². The Kier molecular flexibility index (Phi) is 4.08. The van der Waals surface area contributed by atoms with Crippen molar-refractivity contribution in [1.82, 2.24) is 19.6 Å². The van der Waals surface area contributed by atoms with Crippen LogP contribution in [0.15, 0.2) is 36.7 Å². The van der Waals surface area contributed by atoms with Gasteiger partial charge < -0.3 is 10.4 Å². The molecule has 3 aromatic heterocycles. The number of rotatable bonds is 3. The number of hydrogen-bond donors (Lipinski definition) is 2. The summed E-state index contributed by atoms with van der Waals surface area (Å²) in [7, 11) is 0. The second-order valence-electron chi connectivity index (χ2n) is 6.12. The molecule has 0 atom stereocenters. The second-order valence-corrected chi connectivity index (χ2v) is 6.48. The van der Waals surface area contributed by atoms with E-state index in [1.165, 1.54) is 0 Å². The quantitative estimate of drug-likeness (QED) is 0.714. The highest BCUT2D eigenvalue weighted by molar-refractivity contribution is 6.32. The van der Waals surface area contributed by atoms with E-state index in [-0.39, 0.29) is 6.10 Å². The van der Waals surface area contributed by atoms with E-state index in [2.05, 4.69) is 20.4 Å². The topological polar surface area (TPSA) is 75.3 Å². The first-order chi connectivity index (χ1) is 11.7. The van der Waals surface area contributed by atoms with Crippen LogP contribution in [0.5, 0.6) is 0 Å². The fourth-order valence-electron chi connectivity index (χ4n) is 3.14. The zero-order chi connectivity index (χ0) is 16.5. The Morgan fingerprint density at radius 3 is 2.75 bits per heavy atom. The molecule has 0 unspecified atom stereocenters. The Labute approximate surface area is 144 Å². The van der Waals surface area contributed by atoms with Crippen molar-refractivity contribution in [1.29, 1.82) is 0 Å². The number of hydrogen-bond acceptors (Lipinski definition) is 5. The van der Waals surface area contributed by atoms with Crippen molar-refractivity contribution < 1.29 is 5.11 Å². The highest BCUT2D eigenvalue weighted by atomic mass is 35.5. The van der Waals surface area contributed by atoms with Crippen LogP contribution in [0.2, 0.25) is 5.15 Å². The van der Waals surface area contributed by atoms with Crippen LogP contribution in [0.4, 0.5) is 5.82 Å². The molecular weight excluding hydrogens is 326 g/mol. The lowest BCUT2D eigenvalue weighted by Crippen LogP contribution is -2.28. The van der Waals surface area contributed by atoms with Crippen LogP contribution in [0.25, 0.3) is 16.9 Å². The van der Waals surface area contributed by atoms with Gasteiger partial charge >= 0.3 is 0 Å². The first-order valence-electron chi connectivity index (χ1n) is 8.11. The van der Waals surface area contributed by atoms with Crippen molar-refractivity contribution in [2.24, 2.45) is 0 Å². The Hall–Kier alpha value is -2.18. The largest absolute Gasteiger partial charge is 0.393 e. The third-order valence-corrected chi connectivity index (χ3v) is 4.75. The first-order valence-corrected chi connectivity index (χ1v) is 8.49. The molecule has 24 heavy (non-hydrogen) atoms. The molecule has 0 amide bonds. The van der Waals surface area contributed by atoms with Gasteiger partial charge in [-0.15, -0.1) is 5.10 Å². The molecule has 0 aromatic carbocycles. The monoisotopic (exact) mass is 343 g/mol. The van der Waals surface area contributed by atoms with Crippen LogP contribution in [0, 0.1) is 0 Å². The van der Waals surface area contributed by atoms with Gasteiger partial charge in [0.05, 0.1) is 18.0 Å². The number of nitrogens with one attached hydrogen (secondary N) is 1. The van der Waals surface area contributed by atoms with Crippen LogP contribution in [-0.2, 0) is 0 Å². The normalized spacial score (nSPS) is 21.1. The molecule has 0 bridgehead atoms. The van der Waals surface area contributed by atoms with Gasteiger partial charge in [-0.1, -0.05) is 11.6 Å². The fraction of sp³-hybridized carbons (Fsp3) is 0.353. The van der Waals surface area contributed by atoms with Gasteiger partial charge in [-0.2, -0.15) is 0 Å². The Morgan fingerprint density at radius 1 is 1.12 bits per heavy atom. The average Bonchev–Trinajstić information content (AvgIpc) is 3.00. The number of aliphatic hydroxyl groups is 1. The van der Waals surface area contributed by atoms with Crippen molar-refractivity contribution in [3.05, 3.63) is 41.8 Å². The molecule has 3 heterocycles. The standard InChI is InChI=1S/C17H18ClN5O/c18-17-13(2-1-9-19-17)14-10-20-16-8-7-15(22-23(14)16)21-11-3-5-12(24)6-4-11/h1-2,7-12,24H,3-6H2,(H,21,22). The minimum atomic E-state index is -0.161. The average molecular weight is 344 g/mol.